The Kier molecular flexibility index (Phi) is 6.26. The summed E-state index contributed by atoms with van der Waals surface area (Å²) in [5.74, 6) is 1.65. The fourth-order valence-corrected chi connectivity index (χ4v) is 2.56. The van der Waals surface area contributed by atoms with Crippen LogP contribution in [0.5, 0.6) is 0 Å². The topological polar surface area (TPSA) is 29.3 Å². The fraction of sp³-hybridized carbons (Fsp3) is 1.00. The van der Waals surface area contributed by atoms with Gasteiger partial charge in [-0.2, -0.15) is 0 Å². The number of hydrogen-bond donors (Lipinski definition) is 1. The summed E-state index contributed by atoms with van der Waals surface area (Å²) < 4.78 is 0. The molecule has 0 aromatic rings. The average Bonchev–Trinajstić information content (AvgIpc) is 2.43. The SMILES string of the molecule is CCCC(CN)CN1CCCC(C)CC1. The highest BCUT2D eigenvalue weighted by molar-refractivity contribution is 4.71. The maximum atomic E-state index is 5.82. The maximum Gasteiger partial charge on any atom is 0.00217 e. The Morgan fingerprint density at radius 3 is 2.80 bits per heavy atom. The fourth-order valence-electron chi connectivity index (χ4n) is 2.56. The molecule has 1 heterocycles. The van der Waals surface area contributed by atoms with E-state index in [-0.39, 0.29) is 0 Å². The first-order valence-electron chi connectivity index (χ1n) is 6.68. The van der Waals surface area contributed by atoms with Crippen LogP contribution < -0.4 is 5.73 Å². The summed E-state index contributed by atoms with van der Waals surface area (Å²) in [5.41, 5.74) is 5.82. The molecule has 2 heteroatoms. The largest absolute Gasteiger partial charge is 0.330 e. The average molecular weight is 212 g/mol. The van der Waals surface area contributed by atoms with Crippen LogP contribution in [0.3, 0.4) is 0 Å². The lowest BCUT2D eigenvalue weighted by atomic mass is 10.0. The third-order valence-electron chi connectivity index (χ3n) is 3.66. The minimum absolute atomic E-state index is 0.725. The van der Waals surface area contributed by atoms with Gasteiger partial charge in [-0.1, -0.05) is 20.3 Å². The van der Waals surface area contributed by atoms with Crippen LogP contribution in [0.15, 0.2) is 0 Å². The van der Waals surface area contributed by atoms with E-state index in [0.29, 0.717) is 0 Å². The van der Waals surface area contributed by atoms with Crippen molar-refractivity contribution in [3.8, 4) is 0 Å². The lowest BCUT2D eigenvalue weighted by Crippen LogP contribution is -2.33. The highest BCUT2D eigenvalue weighted by atomic mass is 15.1. The molecule has 0 aromatic heterocycles. The summed E-state index contributed by atoms with van der Waals surface area (Å²) >= 11 is 0. The third-order valence-corrected chi connectivity index (χ3v) is 3.66. The number of hydrogen-bond acceptors (Lipinski definition) is 2. The molecule has 2 nitrogen and oxygen atoms in total. The zero-order valence-electron chi connectivity index (χ0n) is 10.5. The maximum absolute atomic E-state index is 5.82. The zero-order chi connectivity index (χ0) is 11.1. The van der Waals surface area contributed by atoms with E-state index in [0.717, 1.165) is 18.4 Å². The molecule has 1 fully saturated rings. The number of likely N-dealkylation sites (tertiary alicyclic amines) is 1. The molecule has 2 N–H and O–H groups in total. The molecule has 0 aliphatic carbocycles. The molecule has 0 spiro atoms. The molecule has 90 valence electrons. The second-order valence-electron chi connectivity index (χ2n) is 5.23. The van der Waals surface area contributed by atoms with Gasteiger partial charge in [-0.3, -0.25) is 0 Å². The van der Waals surface area contributed by atoms with Crippen molar-refractivity contribution >= 4 is 0 Å². The molecule has 0 amide bonds. The molecule has 15 heavy (non-hydrogen) atoms. The predicted octanol–water partition coefficient (Wildman–Crippen LogP) is 2.48. The Labute approximate surface area is 95.2 Å². The quantitative estimate of drug-likeness (QED) is 0.758. The van der Waals surface area contributed by atoms with Crippen molar-refractivity contribution in [2.45, 2.75) is 46.0 Å². The van der Waals surface area contributed by atoms with Crippen molar-refractivity contribution in [3.05, 3.63) is 0 Å². The molecule has 0 aromatic carbocycles. The third kappa shape index (κ3) is 4.98. The second-order valence-corrected chi connectivity index (χ2v) is 5.23. The van der Waals surface area contributed by atoms with Gasteiger partial charge in [0.2, 0.25) is 0 Å². The highest BCUT2D eigenvalue weighted by Crippen LogP contribution is 2.18. The van der Waals surface area contributed by atoms with E-state index in [1.54, 1.807) is 0 Å². The van der Waals surface area contributed by atoms with Crippen molar-refractivity contribution in [3.63, 3.8) is 0 Å². The van der Waals surface area contributed by atoms with Gasteiger partial charge in [0.1, 0.15) is 0 Å². The van der Waals surface area contributed by atoms with E-state index >= 15 is 0 Å². The van der Waals surface area contributed by atoms with Gasteiger partial charge in [-0.15, -0.1) is 0 Å². The molecule has 2 unspecified atom stereocenters. The molecular weight excluding hydrogens is 184 g/mol. The van der Waals surface area contributed by atoms with Crippen molar-refractivity contribution < 1.29 is 0 Å². The van der Waals surface area contributed by atoms with E-state index in [9.17, 15) is 0 Å². The first kappa shape index (κ1) is 13.0. The van der Waals surface area contributed by atoms with E-state index < -0.39 is 0 Å². The Morgan fingerprint density at radius 2 is 2.13 bits per heavy atom. The van der Waals surface area contributed by atoms with Crippen LogP contribution in [0.2, 0.25) is 0 Å². The van der Waals surface area contributed by atoms with Crippen LogP contribution in [-0.4, -0.2) is 31.1 Å². The van der Waals surface area contributed by atoms with Crippen LogP contribution in [0.25, 0.3) is 0 Å². The van der Waals surface area contributed by atoms with Crippen molar-refractivity contribution in [2.24, 2.45) is 17.6 Å². The van der Waals surface area contributed by atoms with Gasteiger partial charge in [0, 0.05) is 6.54 Å². The van der Waals surface area contributed by atoms with E-state index in [2.05, 4.69) is 18.7 Å². The van der Waals surface area contributed by atoms with Gasteiger partial charge in [-0.25, -0.2) is 0 Å². The molecule has 2 atom stereocenters. The second kappa shape index (κ2) is 7.24. The minimum atomic E-state index is 0.725. The Bertz CT molecular complexity index is 159. The van der Waals surface area contributed by atoms with E-state index in [4.69, 9.17) is 5.73 Å². The predicted molar refractivity (Wildman–Crippen MR) is 66.9 cm³/mol. The Hall–Kier alpha value is -0.0800. The number of nitrogens with two attached hydrogens (primary N) is 1. The van der Waals surface area contributed by atoms with E-state index in [1.165, 1.54) is 51.7 Å². The monoisotopic (exact) mass is 212 g/mol. The summed E-state index contributed by atoms with van der Waals surface area (Å²) in [6.07, 6.45) is 6.74. The summed E-state index contributed by atoms with van der Waals surface area (Å²) in [4.78, 5) is 2.64. The smallest absolute Gasteiger partial charge is 0.00217 e. The first-order valence-corrected chi connectivity index (χ1v) is 6.68. The van der Waals surface area contributed by atoms with Crippen molar-refractivity contribution in [2.75, 3.05) is 26.2 Å². The molecule has 1 rings (SSSR count). The molecule has 0 bridgehead atoms. The summed E-state index contributed by atoms with van der Waals surface area (Å²) in [6.45, 7) is 9.33. The molecule has 1 aliphatic rings. The summed E-state index contributed by atoms with van der Waals surface area (Å²) in [5, 5.41) is 0. The zero-order valence-corrected chi connectivity index (χ0v) is 10.5. The molecular formula is C13H28N2. The van der Waals surface area contributed by atoms with Crippen LogP contribution in [0, 0.1) is 11.8 Å². The van der Waals surface area contributed by atoms with E-state index in [1.807, 2.05) is 0 Å². The van der Waals surface area contributed by atoms with Crippen LogP contribution in [0.1, 0.15) is 46.0 Å². The molecule has 0 saturated carbocycles. The lowest BCUT2D eigenvalue weighted by Gasteiger charge is -2.25. The van der Waals surface area contributed by atoms with Crippen molar-refractivity contribution in [1.82, 2.24) is 4.90 Å². The molecule has 1 saturated heterocycles. The van der Waals surface area contributed by atoms with Gasteiger partial charge >= 0.3 is 0 Å². The van der Waals surface area contributed by atoms with Gasteiger partial charge in [-0.05, 0) is 57.2 Å². The molecule has 1 aliphatic heterocycles. The van der Waals surface area contributed by atoms with Crippen molar-refractivity contribution in [1.29, 1.82) is 0 Å². The highest BCUT2D eigenvalue weighted by Gasteiger charge is 2.16. The van der Waals surface area contributed by atoms with Gasteiger partial charge in [0.15, 0.2) is 0 Å². The standard InChI is InChI=1S/C13H28N2/c1-3-5-13(10-14)11-15-8-4-6-12(2)7-9-15/h12-13H,3-11,14H2,1-2H3. The Balaban J connectivity index is 2.29. The van der Waals surface area contributed by atoms with Gasteiger partial charge < -0.3 is 10.6 Å². The summed E-state index contributed by atoms with van der Waals surface area (Å²) in [6, 6.07) is 0. The Morgan fingerprint density at radius 1 is 1.33 bits per heavy atom. The minimum Gasteiger partial charge on any atom is -0.330 e. The van der Waals surface area contributed by atoms with Gasteiger partial charge in [0.25, 0.3) is 0 Å². The summed E-state index contributed by atoms with van der Waals surface area (Å²) in [7, 11) is 0. The van der Waals surface area contributed by atoms with Gasteiger partial charge in [0.05, 0.1) is 0 Å². The van der Waals surface area contributed by atoms with Crippen LogP contribution in [-0.2, 0) is 0 Å². The number of rotatable bonds is 5. The number of nitrogens with zero attached hydrogens (tertiary/aromatic N) is 1. The van der Waals surface area contributed by atoms with Crippen LogP contribution in [0.4, 0.5) is 0 Å². The molecule has 0 radical (unpaired) electrons. The first-order chi connectivity index (χ1) is 7.26. The van der Waals surface area contributed by atoms with Crippen LogP contribution >= 0.6 is 0 Å². The lowest BCUT2D eigenvalue weighted by molar-refractivity contribution is 0.231. The normalized spacial score (nSPS) is 26.2.